The van der Waals surface area contributed by atoms with E-state index >= 15 is 0 Å². The first kappa shape index (κ1) is 16.0. The van der Waals surface area contributed by atoms with Crippen LogP contribution in [-0.2, 0) is 11.3 Å². The lowest BCUT2D eigenvalue weighted by Gasteiger charge is -2.32. The summed E-state index contributed by atoms with van der Waals surface area (Å²) in [5.74, 6) is 0.447. The van der Waals surface area contributed by atoms with Gasteiger partial charge in [0.15, 0.2) is 11.5 Å². The number of nitrogens with zero attached hydrogens (tertiary/aromatic N) is 1. The van der Waals surface area contributed by atoms with E-state index in [9.17, 15) is 8.78 Å². The van der Waals surface area contributed by atoms with E-state index in [0.717, 1.165) is 25.9 Å². The van der Waals surface area contributed by atoms with Gasteiger partial charge in [0.2, 0.25) is 0 Å². The highest BCUT2D eigenvalue weighted by molar-refractivity contribution is 5.46. The van der Waals surface area contributed by atoms with E-state index in [1.807, 2.05) is 0 Å². The molecule has 0 aromatic heterocycles. The Labute approximate surface area is 123 Å². The number of ether oxygens (including phenoxy) is 3. The van der Waals surface area contributed by atoms with E-state index < -0.39 is 6.61 Å². The minimum absolute atomic E-state index is 0.120. The van der Waals surface area contributed by atoms with Crippen LogP contribution in [0.2, 0.25) is 0 Å². The Morgan fingerprint density at radius 3 is 2.81 bits per heavy atom. The van der Waals surface area contributed by atoms with Gasteiger partial charge < -0.3 is 14.2 Å². The second-order valence-electron chi connectivity index (χ2n) is 5.06. The van der Waals surface area contributed by atoms with Crippen LogP contribution >= 0.6 is 0 Å². The van der Waals surface area contributed by atoms with Crippen molar-refractivity contribution in [3.63, 3.8) is 0 Å². The van der Waals surface area contributed by atoms with Crippen molar-refractivity contribution < 1.29 is 23.0 Å². The molecule has 21 heavy (non-hydrogen) atoms. The summed E-state index contributed by atoms with van der Waals surface area (Å²) >= 11 is 0. The molecule has 1 atom stereocenters. The van der Waals surface area contributed by atoms with E-state index in [2.05, 4.69) is 9.64 Å². The third-order valence-electron chi connectivity index (χ3n) is 3.68. The van der Waals surface area contributed by atoms with Crippen molar-refractivity contribution in [2.45, 2.75) is 32.1 Å². The molecule has 1 aromatic carbocycles. The van der Waals surface area contributed by atoms with Gasteiger partial charge in [-0.05, 0) is 25.5 Å². The molecule has 6 heteroatoms. The van der Waals surface area contributed by atoms with Crippen molar-refractivity contribution in [1.82, 2.24) is 4.90 Å². The van der Waals surface area contributed by atoms with Gasteiger partial charge >= 0.3 is 6.61 Å². The van der Waals surface area contributed by atoms with E-state index in [1.54, 1.807) is 25.3 Å². The Morgan fingerprint density at radius 2 is 2.14 bits per heavy atom. The largest absolute Gasteiger partial charge is 0.493 e. The van der Waals surface area contributed by atoms with Gasteiger partial charge in [-0.2, -0.15) is 8.78 Å². The van der Waals surface area contributed by atoms with E-state index in [0.29, 0.717) is 17.9 Å². The molecule has 1 aliphatic heterocycles. The van der Waals surface area contributed by atoms with Gasteiger partial charge in [0, 0.05) is 25.8 Å². The number of alkyl halides is 2. The summed E-state index contributed by atoms with van der Waals surface area (Å²) in [6.45, 7) is -0.611. The number of rotatable bonds is 6. The predicted molar refractivity (Wildman–Crippen MR) is 74.9 cm³/mol. The van der Waals surface area contributed by atoms with Crippen molar-refractivity contribution in [1.29, 1.82) is 0 Å². The van der Waals surface area contributed by atoms with E-state index in [1.165, 1.54) is 7.11 Å². The highest BCUT2D eigenvalue weighted by Gasteiger charge is 2.22. The summed E-state index contributed by atoms with van der Waals surface area (Å²) in [4.78, 5) is 2.19. The maximum atomic E-state index is 12.6. The highest BCUT2D eigenvalue weighted by atomic mass is 19.3. The summed E-state index contributed by atoms with van der Waals surface area (Å²) < 4.78 is 40.3. The molecule has 1 aliphatic rings. The normalized spacial score (nSPS) is 19.8. The Hall–Kier alpha value is -1.40. The molecule has 4 nitrogen and oxygen atoms in total. The van der Waals surface area contributed by atoms with Crippen LogP contribution in [0, 0.1) is 0 Å². The van der Waals surface area contributed by atoms with Gasteiger partial charge in [-0.25, -0.2) is 0 Å². The Kier molecular flexibility index (Phi) is 5.76. The quantitative estimate of drug-likeness (QED) is 0.808. The summed E-state index contributed by atoms with van der Waals surface area (Å²) in [5, 5.41) is 0. The molecular weight excluding hydrogens is 280 g/mol. The lowest BCUT2D eigenvalue weighted by Crippen LogP contribution is -2.38. The topological polar surface area (TPSA) is 30.9 Å². The lowest BCUT2D eigenvalue weighted by molar-refractivity contribution is -0.0524. The number of methoxy groups -OCH3 is 2. The first-order valence-electron chi connectivity index (χ1n) is 7.00. The minimum Gasteiger partial charge on any atom is -0.493 e. The smallest absolute Gasteiger partial charge is 0.387 e. The molecule has 1 aromatic rings. The molecule has 1 fully saturated rings. The third kappa shape index (κ3) is 4.28. The fourth-order valence-corrected chi connectivity index (χ4v) is 2.66. The molecular formula is C15H21F2NO3. The van der Waals surface area contributed by atoms with Gasteiger partial charge in [-0.3, -0.25) is 4.90 Å². The Balaban J connectivity index is 2.14. The average Bonchev–Trinajstić information content (AvgIpc) is 2.48. The van der Waals surface area contributed by atoms with Crippen LogP contribution in [-0.4, -0.2) is 44.9 Å². The summed E-state index contributed by atoms with van der Waals surface area (Å²) in [6.07, 6.45) is 2.27. The lowest BCUT2D eigenvalue weighted by atomic mass is 10.1. The number of hydrogen-bond acceptors (Lipinski definition) is 4. The zero-order chi connectivity index (χ0) is 15.2. The highest BCUT2D eigenvalue weighted by Crippen LogP contribution is 2.33. The maximum Gasteiger partial charge on any atom is 0.387 e. The fourth-order valence-electron chi connectivity index (χ4n) is 2.66. The molecule has 0 amide bonds. The first-order valence-corrected chi connectivity index (χ1v) is 7.00. The van der Waals surface area contributed by atoms with Crippen LogP contribution in [0.3, 0.4) is 0 Å². The maximum absolute atomic E-state index is 12.6. The van der Waals surface area contributed by atoms with Crippen molar-refractivity contribution in [2.75, 3.05) is 27.3 Å². The van der Waals surface area contributed by atoms with Gasteiger partial charge in [-0.15, -0.1) is 0 Å². The second-order valence-corrected chi connectivity index (χ2v) is 5.06. The SMILES string of the molecule is COc1cccc(CN2CCC[C@H](OC)C2)c1OC(F)F. The summed E-state index contributed by atoms with van der Waals surface area (Å²) in [6, 6.07) is 5.19. The van der Waals surface area contributed by atoms with Crippen molar-refractivity contribution >= 4 is 0 Å². The van der Waals surface area contributed by atoms with E-state index in [4.69, 9.17) is 9.47 Å². The Morgan fingerprint density at radius 1 is 1.33 bits per heavy atom. The van der Waals surface area contributed by atoms with Gasteiger partial charge in [0.1, 0.15) is 0 Å². The molecule has 1 heterocycles. The van der Waals surface area contributed by atoms with Gasteiger partial charge in [-0.1, -0.05) is 12.1 Å². The average molecular weight is 301 g/mol. The molecule has 2 rings (SSSR count). The van der Waals surface area contributed by atoms with Crippen molar-refractivity contribution in [3.05, 3.63) is 23.8 Å². The zero-order valence-electron chi connectivity index (χ0n) is 12.4. The van der Waals surface area contributed by atoms with Crippen molar-refractivity contribution in [2.24, 2.45) is 0 Å². The molecule has 0 radical (unpaired) electrons. The molecule has 0 N–H and O–H groups in total. The molecule has 0 spiro atoms. The monoisotopic (exact) mass is 301 g/mol. The van der Waals surface area contributed by atoms with Crippen LogP contribution in [0.25, 0.3) is 0 Å². The second kappa shape index (κ2) is 7.56. The molecule has 0 saturated carbocycles. The number of benzene rings is 1. The van der Waals surface area contributed by atoms with Crippen LogP contribution < -0.4 is 9.47 Å². The minimum atomic E-state index is -2.87. The molecule has 118 valence electrons. The number of halogens is 2. The molecule has 0 unspecified atom stereocenters. The zero-order valence-corrected chi connectivity index (χ0v) is 12.4. The van der Waals surface area contributed by atoms with Crippen LogP contribution in [0.4, 0.5) is 8.78 Å². The number of piperidine rings is 1. The van der Waals surface area contributed by atoms with Gasteiger partial charge in [0.05, 0.1) is 13.2 Å². The summed E-state index contributed by atoms with van der Waals surface area (Å²) in [5.41, 5.74) is 0.700. The fraction of sp³-hybridized carbons (Fsp3) is 0.600. The number of hydrogen-bond donors (Lipinski definition) is 0. The van der Waals surface area contributed by atoms with Gasteiger partial charge in [0.25, 0.3) is 0 Å². The van der Waals surface area contributed by atoms with Crippen LogP contribution in [0.1, 0.15) is 18.4 Å². The molecule has 1 saturated heterocycles. The van der Waals surface area contributed by atoms with Crippen LogP contribution in [0.15, 0.2) is 18.2 Å². The van der Waals surface area contributed by atoms with E-state index in [-0.39, 0.29) is 11.9 Å². The molecule has 0 aliphatic carbocycles. The number of likely N-dealkylation sites (tertiary alicyclic amines) is 1. The predicted octanol–water partition coefficient (Wildman–Crippen LogP) is 2.91. The standard InChI is InChI=1S/C15H21F2NO3/c1-19-12-6-4-8-18(10-12)9-11-5-3-7-13(20-2)14(11)21-15(16)17/h3,5,7,12,15H,4,6,8-10H2,1-2H3/t12-/m0/s1. The number of para-hydroxylation sites is 1. The first-order chi connectivity index (χ1) is 10.1. The van der Waals surface area contributed by atoms with Crippen molar-refractivity contribution in [3.8, 4) is 11.5 Å². The summed E-state index contributed by atoms with van der Waals surface area (Å²) in [7, 11) is 3.14. The Bertz CT molecular complexity index is 457. The molecule has 0 bridgehead atoms. The van der Waals surface area contributed by atoms with Crippen LogP contribution in [0.5, 0.6) is 11.5 Å². The third-order valence-corrected chi connectivity index (χ3v) is 3.68.